The van der Waals surface area contributed by atoms with Gasteiger partial charge < -0.3 is 4.90 Å². The van der Waals surface area contributed by atoms with Gasteiger partial charge >= 0.3 is 6.18 Å². The highest BCUT2D eigenvalue weighted by molar-refractivity contribution is 7.89. The van der Waals surface area contributed by atoms with Gasteiger partial charge in [0.15, 0.2) is 17.0 Å². The fourth-order valence-corrected chi connectivity index (χ4v) is 6.14. The highest BCUT2D eigenvalue weighted by Gasteiger charge is 2.34. The van der Waals surface area contributed by atoms with Gasteiger partial charge in [-0.05, 0) is 36.4 Å². The van der Waals surface area contributed by atoms with Gasteiger partial charge in [-0.1, -0.05) is 35.3 Å². The number of hydrogen-bond acceptors (Lipinski definition) is 6. The van der Waals surface area contributed by atoms with Gasteiger partial charge in [0.05, 0.1) is 17.2 Å². The molecule has 1 saturated heterocycles. The predicted octanol–water partition coefficient (Wildman–Crippen LogP) is 5.19. The Labute approximate surface area is 226 Å². The molecule has 200 valence electrons. The first-order valence-electron chi connectivity index (χ1n) is 11.6. The molecular weight excluding hydrogens is 564 g/mol. The van der Waals surface area contributed by atoms with E-state index in [1.807, 2.05) is 39.8 Å². The first-order valence-corrected chi connectivity index (χ1v) is 13.9. The van der Waals surface area contributed by atoms with Crippen LogP contribution in [0.1, 0.15) is 6.42 Å². The third kappa shape index (κ3) is 5.44. The summed E-state index contributed by atoms with van der Waals surface area (Å²) in [7, 11) is -4.04. The maximum absolute atomic E-state index is 12.6. The van der Waals surface area contributed by atoms with E-state index in [1.165, 1.54) is 6.33 Å². The molecule has 0 aliphatic carbocycles. The molecule has 38 heavy (non-hydrogen) atoms. The maximum Gasteiger partial charge on any atom is 0.390 e. The van der Waals surface area contributed by atoms with E-state index < -0.39 is 28.4 Å². The Kier molecular flexibility index (Phi) is 7.25. The van der Waals surface area contributed by atoms with Crippen molar-refractivity contribution in [2.75, 3.05) is 36.8 Å². The summed E-state index contributed by atoms with van der Waals surface area (Å²) >= 11 is 12.6. The molecule has 0 radical (unpaired) electrons. The van der Waals surface area contributed by atoms with Crippen LogP contribution in [0.4, 0.5) is 19.0 Å². The molecule has 0 unspecified atom stereocenters. The standard InChI is InChI=1S/C24H21Cl2F3N6O2S/c25-16-5-7-17(8-6-16)35-21(18-3-1-2-4-19(18)26)32-20-22(30-15-31-23(20)35)33-10-12-34(13-11-33)38(36,37)14-9-24(27,28)29/h1-8,15H,9-14H2. The normalized spacial score (nSPS) is 15.3. The number of nitrogens with zero attached hydrogens (tertiary/aromatic N) is 6. The van der Waals surface area contributed by atoms with Gasteiger partial charge in [-0.25, -0.2) is 23.4 Å². The van der Waals surface area contributed by atoms with Crippen molar-refractivity contribution in [3.8, 4) is 17.1 Å². The molecule has 0 amide bonds. The van der Waals surface area contributed by atoms with Crippen LogP contribution in [0.5, 0.6) is 0 Å². The number of benzene rings is 2. The van der Waals surface area contributed by atoms with Crippen molar-refractivity contribution in [1.82, 2.24) is 23.8 Å². The Bertz CT molecular complexity index is 1570. The lowest BCUT2D eigenvalue weighted by Gasteiger charge is -2.34. The molecule has 0 spiro atoms. The zero-order chi connectivity index (χ0) is 27.1. The molecule has 0 bridgehead atoms. The minimum atomic E-state index is -4.54. The largest absolute Gasteiger partial charge is 0.390 e. The predicted molar refractivity (Wildman–Crippen MR) is 140 cm³/mol. The molecular formula is C24H21Cl2F3N6O2S. The number of hydrogen-bond donors (Lipinski definition) is 0. The number of aromatic nitrogens is 4. The van der Waals surface area contributed by atoms with Gasteiger partial charge in [-0.2, -0.15) is 17.5 Å². The van der Waals surface area contributed by atoms with Gasteiger partial charge in [0.2, 0.25) is 10.0 Å². The Balaban J connectivity index is 1.51. The molecule has 1 aliphatic heterocycles. The van der Waals surface area contributed by atoms with Crippen LogP contribution in [-0.2, 0) is 10.0 Å². The van der Waals surface area contributed by atoms with E-state index in [4.69, 9.17) is 28.2 Å². The number of fused-ring (bicyclic) bond motifs is 1. The molecule has 2 aromatic heterocycles. The zero-order valence-electron chi connectivity index (χ0n) is 19.7. The third-order valence-corrected chi connectivity index (χ3v) is 8.65. The SMILES string of the molecule is O=S(=O)(CCC(F)(F)F)N1CCN(c2ncnc3c2nc(-c2ccccc2Cl)n3-c2ccc(Cl)cc2)CC1. The molecule has 2 aromatic carbocycles. The fourth-order valence-electron chi connectivity index (χ4n) is 4.32. The Morgan fingerprint density at radius 3 is 2.26 bits per heavy atom. The van der Waals surface area contributed by atoms with E-state index in [1.54, 1.807) is 18.2 Å². The fraction of sp³-hybridized carbons (Fsp3) is 0.292. The van der Waals surface area contributed by atoms with E-state index in [-0.39, 0.29) is 26.2 Å². The minimum absolute atomic E-state index is 0.0287. The number of piperazine rings is 1. The number of anilines is 1. The van der Waals surface area contributed by atoms with Crippen LogP contribution in [0.25, 0.3) is 28.2 Å². The summed E-state index contributed by atoms with van der Waals surface area (Å²) in [5.74, 6) is 0.0485. The lowest BCUT2D eigenvalue weighted by Crippen LogP contribution is -2.49. The molecule has 1 fully saturated rings. The molecule has 0 atom stereocenters. The van der Waals surface area contributed by atoms with Gasteiger partial charge in [-0.15, -0.1) is 0 Å². The highest BCUT2D eigenvalue weighted by Crippen LogP contribution is 2.35. The van der Waals surface area contributed by atoms with Crippen LogP contribution in [0.15, 0.2) is 54.9 Å². The topological polar surface area (TPSA) is 84.2 Å². The lowest BCUT2D eigenvalue weighted by molar-refractivity contribution is -0.130. The van der Waals surface area contributed by atoms with E-state index in [2.05, 4.69) is 9.97 Å². The summed E-state index contributed by atoms with van der Waals surface area (Å²) in [4.78, 5) is 15.6. The van der Waals surface area contributed by atoms with E-state index >= 15 is 0 Å². The zero-order valence-corrected chi connectivity index (χ0v) is 22.1. The maximum atomic E-state index is 12.6. The van der Waals surface area contributed by atoms with Crippen molar-refractivity contribution in [2.24, 2.45) is 0 Å². The Hall–Kier alpha value is -2.93. The van der Waals surface area contributed by atoms with Gasteiger partial charge in [0.1, 0.15) is 12.2 Å². The Morgan fingerprint density at radius 2 is 1.61 bits per heavy atom. The molecule has 4 aromatic rings. The van der Waals surface area contributed by atoms with E-state index in [0.717, 1.165) is 9.99 Å². The van der Waals surface area contributed by atoms with Crippen molar-refractivity contribution in [1.29, 1.82) is 0 Å². The molecule has 5 rings (SSSR count). The third-order valence-electron chi connectivity index (χ3n) is 6.20. The second-order valence-electron chi connectivity index (χ2n) is 8.66. The number of alkyl halides is 3. The van der Waals surface area contributed by atoms with E-state index in [9.17, 15) is 21.6 Å². The highest BCUT2D eigenvalue weighted by atomic mass is 35.5. The second kappa shape index (κ2) is 10.3. The quantitative estimate of drug-likeness (QED) is 0.310. The summed E-state index contributed by atoms with van der Waals surface area (Å²) in [5, 5.41) is 1.06. The van der Waals surface area contributed by atoms with Crippen LogP contribution < -0.4 is 4.90 Å². The molecule has 1 aliphatic rings. The number of imidazole rings is 1. The Morgan fingerprint density at radius 1 is 0.921 bits per heavy atom. The first-order chi connectivity index (χ1) is 18.0. The van der Waals surface area contributed by atoms with Crippen molar-refractivity contribution >= 4 is 50.2 Å². The molecule has 0 N–H and O–H groups in total. The summed E-state index contributed by atoms with van der Waals surface area (Å²) in [6.07, 6.45) is -4.52. The number of rotatable bonds is 6. The van der Waals surface area contributed by atoms with Crippen LogP contribution in [0.3, 0.4) is 0 Å². The summed E-state index contributed by atoms with van der Waals surface area (Å²) < 4.78 is 65.6. The van der Waals surface area contributed by atoms with E-state index in [0.29, 0.717) is 38.4 Å². The average Bonchev–Trinajstić information content (AvgIpc) is 3.27. The molecule has 14 heteroatoms. The van der Waals surface area contributed by atoms with Gasteiger partial charge in [0.25, 0.3) is 0 Å². The monoisotopic (exact) mass is 584 g/mol. The molecule has 0 saturated carbocycles. The van der Waals surface area contributed by atoms with Crippen molar-refractivity contribution in [3.05, 3.63) is 64.9 Å². The van der Waals surface area contributed by atoms with Crippen molar-refractivity contribution in [3.63, 3.8) is 0 Å². The van der Waals surface area contributed by atoms with Crippen LogP contribution in [0.2, 0.25) is 10.0 Å². The summed E-state index contributed by atoms with van der Waals surface area (Å²) in [6.45, 7) is 0.515. The average molecular weight is 585 g/mol. The number of halogens is 5. The molecule has 3 heterocycles. The van der Waals surface area contributed by atoms with Gasteiger partial charge in [-0.3, -0.25) is 4.57 Å². The second-order valence-corrected chi connectivity index (χ2v) is 11.6. The van der Waals surface area contributed by atoms with Crippen LogP contribution >= 0.6 is 23.2 Å². The first kappa shape index (κ1) is 26.7. The summed E-state index contributed by atoms with van der Waals surface area (Å²) in [6, 6.07) is 14.4. The van der Waals surface area contributed by atoms with Crippen molar-refractivity contribution in [2.45, 2.75) is 12.6 Å². The minimum Gasteiger partial charge on any atom is -0.352 e. The smallest absolute Gasteiger partial charge is 0.352 e. The van der Waals surface area contributed by atoms with Gasteiger partial charge in [0, 0.05) is 42.5 Å². The summed E-state index contributed by atoms with van der Waals surface area (Å²) in [5.41, 5.74) is 2.41. The van der Waals surface area contributed by atoms with Crippen LogP contribution in [-0.4, -0.2) is 70.4 Å². The lowest BCUT2D eigenvalue weighted by atomic mass is 10.2. The van der Waals surface area contributed by atoms with Crippen molar-refractivity contribution < 1.29 is 21.6 Å². The number of sulfonamides is 1. The molecule has 8 nitrogen and oxygen atoms in total. The van der Waals surface area contributed by atoms with Crippen LogP contribution in [0, 0.1) is 0 Å².